The van der Waals surface area contributed by atoms with Crippen molar-refractivity contribution in [1.82, 2.24) is 10.6 Å². The summed E-state index contributed by atoms with van der Waals surface area (Å²) in [5, 5.41) is 13.6. The van der Waals surface area contributed by atoms with E-state index in [1.54, 1.807) is 0 Å². The maximum atomic E-state index is 11.3. The fourth-order valence-corrected chi connectivity index (χ4v) is 2.31. The Morgan fingerprint density at radius 3 is 2.56 bits per heavy atom. The van der Waals surface area contributed by atoms with Crippen molar-refractivity contribution in [3.63, 3.8) is 0 Å². The predicted molar refractivity (Wildman–Crippen MR) is 70.8 cm³/mol. The van der Waals surface area contributed by atoms with Gasteiger partial charge >= 0.3 is 6.09 Å². The van der Waals surface area contributed by atoms with Crippen molar-refractivity contribution in [3.8, 4) is 0 Å². The molecule has 1 unspecified atom stereocenters. The van der Waals surface area contributed by atoms with Crippen LogP contribution in [0.2, 0.25) is 0 Å². The topological polar surface area (TPSA) is 78.4 Å². The molecule has 0 saturated heterocycles. The number of rotatable bonds is 6. The monoisotopic (exact) mass is 268 g/mol. The Kier molecular flexibility index (Phi) is 6.07. The van der Waals surface area contributed by atoms with Gasteiger partial charge in [-0.15, -0.1) is 11.8 Å². The number of amides is 2. The van der Waals surface area contributed by atoms with Gasteiger partial charge in [0.15, 0.2) is 0 Å². The van der Waals surface area contributed by atoms with Crippen molar-refractivity contribution < 1.29 is 14.7 Å². The van der Waals surface area contributed by atoms with Crippen molar-refractivity contribution in [2.75, 3.05) is 12.8 Å². The van der Waals surface area contributed by atoms with Gasteiger partial charge in [-0.2, -0.15) is 0 Å². The van der Waals surface area contributed by atoms with Gasteiger partial charge in [-0.05, 0) is 12.1 Å². The van der Waals surface area contributed by atoms with Crippen molar-refractivity contribution in [2.45, 2.75) is 17.4 Å². The number of carbonyl (C=O) groups is 2. The Morgan fingerprint density at radius 2 is 2.00 bits per heavy atom. The van der Waals surface area contributed by atoms with Gasteiger partial charge < -0.3 is 15.7 Å². The fraction of sp³-hybridized carbons (Fsp3) is 0.333. The second-order valence-electron chi connectivity index (χ2n) is 3.65. The summed E-state index contributed by atoms with van der Waals surface area (Å²) in [6.07, 6.45) is -0.972. The van der Waals surface area contributed by atoms with E-state index in [1.165, 1.54) is 18.8 Å². The summed E-state index contributed by atoms with van der Waals surface area (Å²) < 4.78 is 0. The number of carbonyl (C=O) groups excluding carboxylic acids is 1. The summed E-state index contributed by atoms with van der Waals surface area (Å²) in [6, 6.07) is 9.25. The largest absolute Gasteiger partial charge is 0.465 e. The highest BCUT2D eigenvalue weighted by molar-refractivity contribution is 7.99. The molecule has 0 saturated carbocycles. The lowest BCUT2D eigenvalue weighted by Crippen LogP contribution is -2.39. The third-order valence-electron chi connectivity index (χ3n) is 2.23. The summed E-state index contributed by atoms with van der Waals surface area (Å²) in [6.45, 7) is 0. The van der Waals surface area contributed by atoms with Gasteiger partial charge in [0.25, 0.3) is 0 Å². The van der Waals surface area contributed by atoms with Gasteiger partial charge in [0, 0.05) is 24.1 Å². The molecule has 0 spiro atoms. The number of nitrogens with one attached hydrogen (secondary N) is 2. The van der Waals surface area contributed by atoms with E-state index in [4.69, 9.17) is 5.11 Å². The molecule has 1 aromatic rings. The van der Waals surface area contributed by atoms with Crippen molar-refractivity contribution in [3.05, 3.63) is 30.3 Å². The molecule has 0 aromatic heterocycles. The van der Waals surface area contributed by atoms with Crippen LogP contribution in [0, 0.1) is 0 Å². The molecule has 0 heterocycles. The highest BCUT2D eigenvalue weighted by Crippen LogP contribution is 2.18. The second kappa shape index (κ2) is 7.60. The van der Waals surface area contributed by atoms with Crippen molar-refractivity contribution in [2.24, 2.45) is 0 Å². The van der Waals surface area contributed by atoms with E-state index >= 15 is 0 Å². The quantitative estimate of drug-likeness (QED) is 0.684. The van der Waals surface area contributed by atoms with E-state index in [9.17, 15) is 9.59 Å². The number of benzene rings is 1. The minimum absolute atomic E-state index is 0.142. The van der Waals surface area contributed by atoms with Crippen LogP contribution in [0.1, 0.15) is 6.42 Å². The van der Waals surface area contributed by atoms with E-state index in [0.29, 0.717) is 5.75 Å². The Hall–Kier alpha value is -1.69. The number of thioether (sulfide) groups is 1. The van der Waals surface area contributed by atoms with Gasteiger partial charge in [0.1, 0.15) is 0 Å². The average Bonchev–Trinajstić information content (AvgIpc) is 2.36. The smallest absolute Gasteiger partial charge is 0.404 e. The number of hydrogen-bond donors (Lipinski definition) is 3. The summed E-state index contributed by atoms with van der Waals surface area (Å²) in [4.78, 5) is 22.9. The first-order valence-corrected chi connectivity index (χ1v) is 6.48. The van der Waals surface area contributed by atoms with Crippen LogP contribution in [0.15, 0.2) is 35.2 Å². The standard InChI is InChI=1S/C12H16N2O3S/c1-13-11(15)7-9(14-12(16)17)8-18-10-5-3-2-4-6-10/h2-6,9,14H,7-8H2,1H3,(H,13,15)(H,16,17). The maximum absolute atomic E-state index is 11.3. The normalized spacial score (nSPS) is 11.6. The summed E-state index contributed by atoms with van der Waals surface area (Å²) in [7, 11) is 1.53. The van der Waals surface area contributed by atoms with Crippen LogP contribution in [0.25, 0.3) is 0 Å². The molecule has 1 aromatic carbocycles. The zero-order chi connectivity index (χ0) is 13.4. The highest BCUT2D eigenvalue weighted by Gasteiger charge is 2.15. The summed E-state index contributed by atoms with van der Waals surface area (Å²) in [5.74, 6) is 0.339. The fourth-order valence-electron chi connectivity index (χ4n) is 1.37. The van der Waals surface area contributed by atoms with E-state index in [0.717, 1.165) is 4.90 Å². The average molecular weight is 268 g/mol. The van der Waals surface area contributed by atoms with Gasteiger partial charge in [-0.1, -0.05) is 18.2 Å². The molecule has 0 aliphatic carbocycles. The number of carboxylic acid groups (broad SMARTS) is 1. The highest BCUT2D eigenvalue weighted by atomic mass is 32.2. The Labute approximate surface area is 110 Å². The number of hydrogen-bond acceptors (Lipinski definition) is 3. The van der Waals surface area contributed by atoms with Crippen molar-refractivity contribution in [1.29, 1.82) is 0 Å². The van der Waals surface area contributed by atoms with Crippen LogP contribution in [-0.4, -0.2) is 35.9 Å². The van der Waals surface area contributed by atoms with Gasteiger partial charge in [0.2, 0.25) is 5.91 Å². The van der Waals surface area contributed by atoms with E-state index in [-0.39, 0.29) is 12.3 Å². The second-order valence-corrected chi connectivity index (χ2v) is 4.74. The van der Waals surface area contributed by atoms with E-state index < -0.39 is 12.1 Å². The lowest BCUT2D eigenvalue weighted by Gasteiger charge is -2.15. The molecule has 2 amide bonds. The minimum Gasteiger partial charge on any atom is -0.465 e. The van der Waals surface area contributed by atoms with Crippen LogP contribution in [-0.2, 0) is 4.79 Å². The molecule has 6 heteroatoms. The van der Waals surface area contributed by atoms with Crippen LogP contribution in [0.5, 0.6) is 0 Å². The van der Waals surface area contributed by atoms with Crippen LogP contribution < -0.4 is 10.6 Å². The molecule has 98 valence electrons. The van der Waals surface area contributed by atoms with Crippen LogP contribution in [0.3, 0.4) is 0 Å². The van der Waals surface area contributed by atoms with Gasteiger partial charge in [-0.25, -0.2) is 4.79 Å². The predicted octanol–water partition coefficient (Wildman–Crippen LogP) is 1.55. The molecule has 0 aliphatic heterocycles. The molecule has 0 fully saturated rings. The van der Waals surface area contributed by atoms with E-state index in [1.807, 2.05) is 30.3 Å². The maximum Gasteiger partial charge on any atom is 0.404 e. The van der Waals surface area contributed by atoms with Crippen LogP contribution in [0.4, 0.5) is 4.79 Å². The molecular formula is C12H16N2O3S. The molecule has 3 N–H and O–H groups in total. The molecule has 18 heavy (non-hydrogen) atoms. The molecule has 5 nitrogen and oxygen atoms in total. The lowest BCUT2D eigenvalue weighted by molar-refractivity contribution is -0.120. The first kappa shape index (κ1) is 14.4. The molecule has 0 radical (unpaired) electrons. The third-order valence-corrected chi connectivity index (χ3v) is 3.41. The Bertz CT molecular complexity index is 398. The molecule has 1 rings (SSSR count). The molecule has 1 atom stereocenters. The Balaban J connectivity index is 2.50. The Morgan fingerprint density at radius 1 is 1.33 bits per heavy atom. The summed E-state index contributed by atoms with van der Waals surface area (Å²) >= 11 is 1.52. The van der Waals surface area contributed by atoms with Gasteiger partial charge in [-0.3, -0.25) is 4.79 Å². The first-order chi connectivity index (χ1) is 8.61. The lowest BCUT2D eigenvalue weighted by atomic mass is 10.2. The van der Waals surface area contributed by atoms with Crippen LogP contribution >= 0.6 is 11.8 Å². The van der Waals surface area contributed by atoms with Crippen molar-refractivity contribution >= 4 is 23.8 Å². The van der Waals surface area contributed by atoms with Gasteiger partial charge in [0.05, 0.1) is 6.04 Å². The molecular weight excluding hydrogens is 252 g/mol. The zero-order valence-electron chi connectivity index (χ0n) is 10.1. The zero-order valence-corrected chi connectivity index (χ0v) is 10.9. The summed E-state index contributed by atoms with van der Waals surface area (Å²) in [5.41, 5.74) is 0. The van der Waals surface area contributed by atoms with E-state index in [2.05, 4.69) is 10.6 Å². The molecule has 0 aliphatic rings. The molecule has 0 bridgehead atoms. The minimum atomic E-state index is -1.11. The third kappa shape index (κ3) is 5.58. The SMILES string of the molecule is CNC(=O)CC(CSc1ccccc1)NC(=O)O. The first-order valence-electron chi connectivity index (χ1n) is 5.49.